The maximum atomic E-state index is 7.56. The maximum Gasteiger partial charge on any atom is 0.261 e. The van der Waals surface area contributed by atoms with Crippen molar-refractivity contribution in [2.45, 2.75) is 84.6 Å². The van der Waals surface area contributed by atoms with Gasteiger partial charge in [-0.3, -0.25) is 4.98 Å². The molecule has 1 aliphatic rings. The summed E-state index contributed by atoms with van der Waals surface area (Å²) in [6.07, 6.45) is 4.61. The number of hydrogen-bond donors (Lipinski definition) is 0. The van der Waals surface area contributed by atoms with Crippen LogP contribution in [-0.4, -0.2) is 57.5 Å². The SMILES string of the molecule is COC(C)c1ncccc1-c1c(CC(C)(C)CO[Si](c2ccccc2)(c2ccccc2)C(C)(C)C)c2cc(Br)ccc2n1CCOC1CCOCC1. The first-order valence-electron chi connectivity index (χ1n) is 18.7. The molecule has 3 heterocycles. The quantitative estimate of drug-likeness (QED) is 0.105. The summed E-state index contributed by atoms with van der Waals surface area (Å²) in [5.41, 5.74) is 5.45. The Balaban J connectivity index is 1.45. The van der Waals surface area contributed by atoms with Crippen molar-refractivity contribution < 1.29 is 18.6 Å². The van der Waals surface area contributed by atoms with Crippen LogP contribution in [0.4, 0.5) is 0 Å². The van der Waals surface area contributed by atoms with Gasteiger partial charge in [0.15, 0.2) is 0 Å². The summed E-state index contributed by atoms with van der Waals surface area (Å²) in [6.45, 7) is 17.3. The molecule has 1 atom stereocenters. The highest BCUT2D eigenvalue weighted by atomic mass is 79.9. The van der Waals surface area contributed by atoms with E-state index in [2.05, 4.69) is 147 Å². The van der Waals surface area contributed by atoms with E-state index >= 15 is 0 Å². The summed E-state index contributed by atoms with van der Waals surface area (Å²) >= 11 is 3.82. The average Bonchev–Trinajstić information content (AvgIpc) is 3.43. The molecule has 1 unspecified atom stereocenters. The van der Waals surface area contributed by atoms with E-state index in [4.69, 9.17) is 23.6 Å². The Morgan fingerprint density at radius 1 is 0.904 bits per heavy atom. The zero-order chi connectivity index (χ0) is 36.9. The van der Waals surface area contributed by atoms with Gasteiger partial charge in [-0.05, 0) is 82.9 Å². The van der Waals surface area contributed by atoms with Gasteiger partial charge in [-0.15, -0.1) is 0 Å². The van der Waals surface area contributed by atoms with Gasteiger partial charge in [0.25, 0.3) is 8.32 Å². The summed E-state index contributed by atoms with van der Waals surface area (Å²) in [5, 5.41) is 3.71. The smallest absolute Gasteiger partial charge is 0.261 e. The topological polar surface area (TPSA) is 54.7 Å². The van der Waals surface area contributed by atoms with Gasteiger partial charge in [-0.1, -0.05) is 111 Å². The highest BCUT2D eigenvalue weighted by Crippen LogP contribution is 2.43. The van der Waals surface area contributed by atoms with Crippen molar-refractivity contribution in [3.63, 3.8) is 0 Å². The monoisotopic (exact) mass is 782 g/mol. The molecule has 1 fully saturated rings. The average molecular weight is 784 g/mol. The van der Waals surface area contributed by atoms with Crippen LogP contribution in [0.15, 0.2) is 102 Å². The molecule has 6 rings (SSSR count). The van der Waals surface area contributed by atoms with Crippen LogP contribution in [0.2, 0.25) is 5.04 Å². The van der Waals surface area contributed by atoms with Gasteiger partial charge in [0.2, 0.25) is 0 Å². The fourth-order valence-corrected chi connectivity index (χ4v) is 13.0. The molecule has 0 radical (unpaired) electrons. The zero-order valence-electron chi connectivity index (χ0n) is 32.0. The van der Waals surface area contributed by atoms with Crippen LogP contribution in [0.5, 0.6) is 0 Å². The van der Waals surface area contributed by atoms with E-state index in [1.165, 1.54) is 32.5 Å². The van der Waals surface area contributed by atoms with Crippen molar-refractivity contribution in [3.05, 3.63) is 113 Å². The lowest BCUT2D eigenvalue weighted by molar-refractivity contribution is -0.0336. The molecule has 0 bridgehead atoms. The molecule has 1 saturated heterocycles. The number of aromatic nitrogens is 2. The number of nitrogens with zero attached hydrogens (tertiary/aromatic N) is 2. The van der Waals surface area contributed by atoms with Crippen LogP contribution >= 0.6 is 15.9 Å². The van der Waals surface area contributed by atoms with E-state index in [1.807, 2.05) is 12.3 Å². The van der Waals surface area contributed by atoms with E-state index in [9.17, 15) is 0 Å². The van der Waals surface area contributed by atoms with Crippen molar-refractivity contribution in [1.29, 1.82) is 0 Å². The second-order valence-electron chi connectivity index (χ2n) is 15.9. The summed E-state index contributed by atoms with van der Waals surface area (Å²) in [6, 6.07) is 32.8. The van der Waals surface area contributed by atoms with Crippen LogP contribution < -0.4 is 10.4 Å². The lowest BCUT2D eigenvalue weighted by Crippen LogP contribution is -2.67. The number of halogens is 1. The van der Waals surface area contributed by atoms with Crippen molar-refractivity contribution in [3.8, 4) is 11.3 Å². The van der Waals surface area contributed by atoms with Gasteiger partial charge < -0.3 is 23.2 Å². The molecule has 3 aromatic carbocycles. The molecular formula is C44H55BrN2O4Si. The third kappa shape index (κ3) is 8.18. The maximum absolute atomic E-state index is 7.56. The summed E-state index contributed by atoms with van der Waals surface area (Å²) < 4.78 is 29.1. The Bertz CT molecular complexity index is 1880. The molecule has 2 aromatic heterocycles. The molecule has 5 aromatic rings. The van der Waals surface area contributed by atoms with Gasteiger partial charge in [-0.2, -0.15) is 0 Å². The minimum absolute atomic E-state index is 0.108. The Labute approximate surface area is 320 Å². The van der Waals surface area contributed by atoms with Gasteiger partial charge in [-0.25, -0.2) is 0 Å². The standard InChI is InChI=1S/C44H55BrN2O4Si/c1-32(48-7)41-37(19-14-24-46-41)42-39(38-29-33(45)20-21-40(38)47(42)25-28-50-34-22-26-49-27-23-34)30-44(5,6)31-51-52(43(2,3)4,35-15-10-8-11-16-35)36-17-12-9-13-18-36/h8-21,24,29,32,34H,22-23,25-28,30-31H2,1-7H3. The molecule has 276 valence electrons. The number of benzene rings is 3. The number of hydrogen-bond acceptors (Lipinski definition) is 5. The third-order valence-corrected chi connectivity index (χ3v) is 16.0. The minimum Gasteiger partial charge on any atom is -0.407 e. The van der Waals surface area contributed by atoms with Crippen LogP contribution in [0.3, 0.4) is 0 Å². The molecule has 6 nitrogen and oxygen atoms in total. The molecule has 0 aliphatic carbocycles. The van der Waals surface area contributed by atoms with E-state index in [-0.39, 0.29) is 22.7 Å². The number of fused-ring (bicyclic) bond motifs is 1. The van der Waals surface area contributed by atoms with Crippen LogP contribution in [0.25, 0.3) is 22.2 Å². The van der Waals surface area contributed by atoms with Crippen molar-refractivity contribution in [2.24, 2.45) is 5.41 Å². The predicted octanol–water partition coefficient (Wildman–Crippen LogP) is 9.51. The first-order chi connectivity index (χ1) is 24.9. The molecule has 1 aliphatic heterocycles. The number of pyridine rings is 1. The Hall–Kier alpha value is -3.11. The zero-order valence-corrected chi connectivity index (χ0v) is 34.5. The Morgan fingerprint density at radius 3 is 2.17 bits per heavy atom. The molecule has 0 amide bonds. The predicted molar refractivity (Wildman–Crippen MR) is 219 cm³/mol. The van der Waals surface area contributed by atoms with Crippen LogP contribution in [0.1, 0.15) is 71.7 Å². The lowest BCUT2D eigenvalue weighted by atomic mass is 9.84. The largest absolute Gasteiger partial charge is 0.407 e. The van der Waals surface area contributed by atoms with Gasteiger partial charge in [0.05, 0.1) is 30.2 Å². The minimum atomic E-state index is -2.74. The number of ether oxygens (including phenoxy) is 3. The van der Waals surface area contributed by atoms with Crippen LogP contribution in [-0.2, 0) is 31.6 Å². The molecule has 0 spiro atoms. The van der Waals surface area contributed by atoms with Crippen molar-refractivity contribution in [1.82, 2.24) is 9.55 Å². The second-order valence-corrected chi connectivity index (χ2v) is 21.2. The fraction of sp³-hybridized carbons (Fsp3) is 0.432. The van der Waals surface area contributed by atoms with E-state index in [0.29, 0.717) is 13.2 Å². The van der Waals surface area contributed by atoms with Crippen molar-refractivity contribution >= 4 is 45.5 Å². The van der Waals surface area contributed by atoms with Crippen molar-refractivity contribution in [2.75, 3.05) is 33.5 Å². The molecule has 8 heteroatoms. The number of methoxy groups -OCH3 is 1. The third-order valence-electron chi connectivity index (χ3n) is 10.6. The van der Waals surface area contributed by atoms with Gasteiger partial charge in [0.1, 0.15) is 0 Å². The van der Waals surface area contributed by atoms with E-state index < -0.39 is 8.32 Å². The summed E-state index contributed by atoms with van der Waals surface area (Å²) in [5.74, 6) is 0. The first-order valence-corrected chi connectivity index (χ1v) is 21.4. The summed E-state index contributed by atoms with van der Waals surface area (Å²) in [7, 11) is -0.985. The second kappa shape index (κ2) is 16.5. The van der Waals surface area contributed by atoms with Gasteiger partial charge >= 0.3 is 0 Å². The number of rotatable bonds is 14. The normalized spacial score (nSPS) is 15.3. The molecule has 52 heavy (non-hydrogen) atoms. The highest BCUT2D eigenvalue weighted by Gasteiger charge is 2.50. The van der Waals surface area contributed by atoms with E-state index in [1.54, 1.807) is 7.11 Å². The summed E-state index contributed by atoms with van der Waals surface area (Å²) in [4.78, 5) is 4.90. The first kappa shape index (κ1) is 38.6. The highest BCUT2D eigenvalue weighted by molar-refractivity contribution is 9.10. The molecule has 0 saturated carbocycles. The van der Waals surface area contributed by atoms with Gasteiger partial charge in [0, 0.05) is 60.6 Å². The molecular weight excluding hydrogens is 728 g/mol. The lowest BCUT2D eigenvalue weighted by Gasteiger charge is -2.44. The fourth-order valence-electron chi connectivity index (χ4n) is 7.92. The Morgan fingerprint density at radius 2 is 1.56 bits per heavy atom. The Kier molecular flexibility index (Phi) is 12.2. The van der Waals surface area contributed by atoms with E-state index in [0.717, 1.165) is 54.8 Å². The molecule has 0 N–H and O–H groups in total. The van der Waals surface area contributed by atoms with Crippen LogP contribution in [0, 0.1) is 5.41 Å².